The molecule has 80 valence electrons. The van der Waals surface area contributed by atoms with E-state index in [1.165, 1.54) is 0 Å². The Morgan fingerprint density at radius 3 is 2.50 bits per heavy atom. The second-order valence-electron chi connectivity index (χ2n) is 5.57. The van der Waals surface area contributed by atoms with Gasteiger partial charge in [-0.3, -0.25) is 0 Å². The fourth-order valence-electron chi connectivity index (χ4n) is 3.06. The van der Waals surface area contributed by atoms with Gasteiger partial charge in [0.1, 0.15) is 0 Å². The molecule has 0 aromatic rings. The van der Waals surface area contributed by atoms with Crippen molar-refractivity contribution in [1.29, 1.82) is 0 Å². The molecule has 0 radical (unpaired) electrons. The third-order valence-corrected chi connectivity index (χ3v) is 4.64. The van der Waals surface area contributed by atoms with E-state index >= 15 is 0 Å². The number of fused-ring (bicyclic) bond motifs is 1. The third kappa shape index (κ3) is 1.11. The smallest absolute Gasteiger partial charge is 0.0771 e. The van der Waals surface area contributed by atoms with Gasteiger partial charge in [0.05, 0.1) is 11.3 Å². The van der Waals surface area contributed by atoms with Crippen LogP contribution in [0, 0.1) is 17.3 Å². The summed E-state index contributed by atoms with van der Waals surface area (Å²) < 4.78 is 0. The maximum Gasteiger partial charge on any atom is 0.0771 e. The zero-order valence-electron chi connectivity index (χ0n) is 9.46. The molecular weight excluding hydrogens is 176 g/mol. The normalized spacial score (nSPS) is 47.6. The zero-order chi connectivity index (χ0) is 10.6. The molecule has 0 heterocycles. The van der Waals surface area contributed by atoms with E-state index in [9.17, 15) is 0 Å². The summed E-state index contributed by atoms with van der Waals surface area (Å²) in [7, 11) is 1.95. The van der Waals surface area contributed by atoms with Gasteiger partial charge in [-0.25, -0.2) is 0 Å². The lowest BCUT2D eigenvalue weighted by atomic mass is 9.81. The second-order valence-corrected chi connectivity index (χ2v) is 5.57. The summed E-state index contributed by atoms with van der Waals surface area (Å²) in [6.45, 7) is 6.77. The number of nitrogens with one attached hydrogen (secondary N) is 1. The van der Waals surface area contributed by atoms with E-state index in [0.29, 0.717) is 5.41 Å². The lowest BCUT2D eigenvalue weighted by Crippen LogP contribution is -2.50. The first-order valence-corrected chi connectivity index (χ1v) is 5.36. The molecule has 3 nitrogen and oxygen atoms in total. The van der Waals surface area contributed by atoms with Gasteiger partial charge in [0, 0.05) is 0 Å². The monoisotopic (exact) mass is 196 g/mol. The summed E-state index contributed by atoms with van der Waals surface area (Å²) in [6.07, 6.45) is 2.05. The molecule has 0 bridgehead atoms. The minimum atomic E-state index is -0.0936. The highest BCUT2D eigenvalue weighted by atomic mass is 16.4. The van der Waals surface area contributed by atoms with Crippen molar-refractivity contribution in [3.8, 4) is 0 Å². The number of hydrogen-bond donors (Lipinski definition) is 2. The van der Waals surface area contributed by atoms with Crippen LogP contribution in [0.25, 0.3) is 0 Å². The van der Waals surface area contributed by atoms with E-state index in [2.05, 4.69) is 31.2 Å². The molecule has 2 fully saturated rings. The van der Waals surface area contributed by atoms with Crippen LogP contribution in [-0.4, -0.2) is 23.5 Å². The summed E-state index contributed by atoms with van der Waals surface area (Å²) in [5, 5.41) is 15.8. The Labute approximate surface area is 85.6 Å². The summed E-state index contributed by atoms with van der Waals surface area (Å²) >= 11 is 0. The van der Waals surface area contributed by atoms with Crippen LogP contribution in [0.1, 0.15) is 33.6 Å². The summed E-state index contributed by atoms with van der Waals surface area (Å²) in [5.74, 6) is 1.53. The number of nitrogens with zero attached hydrogens (tertiary/aromatic N) is 1. The summed E-state index contributed by atoms with van der Waals surface area (Å²) in [5.41, 5.74) is 1.28. The van der Waals surface area contributed by atoms with Crippen LogP contribution in [-0.2, 0) is 0 Å². The minimum Gasteiger partial charge on any atom is -0.411 e. The Bertz CT molecular complexity index is 285. The van der Waals surface area contributed by atoms with E-state index in [-0.39, 0.29) is 5.54 Å². The molecule has 2 aliphatic carbocycles. The quantitative estimate of drug-likeness (QED) is 0.496. The molecular formula is C11H20N2O. The molecule has 2 saturated carbocycles. The Morgan fingerprint density at radius 1 is 1.36 bits per heavy atom. The fourth-order valence-corrected chi connectivity index (χ4v) is 3.06. The van der Waals surface area contributed by atoms with Crippen LogP contribution < -0.4 is 5.32 Å². The highest BCUT2D eigenvalue weighted by Crippen LogP contribution is 2.65. The standard InChI is InChI=1S/C11H20N2O/c1-10(2)7-5-9(13-14)11(3,12-4)6-8(7)10/h7-8,12,14H,5-6H2,1-4H3/b13-9+. The van der Waals surface area contributed by atoms with Gasteiger partial charge in [-0.2, -0.15) is 0 Å². The third-order valence-electron chi connectivity index (χ3n) is 4.64. The molecule has 0 spiro atoms. The van der Waals surface area contributed by atoms with E-state index in [4.69, 9.17) is 5.21 Å². The van der Waals surface area contributed by atoms with Crippen molar-refractivity contribution in [1.82, 2.24) is 5.32 Å². The van der Waals surface area contributed by atoms with Gasteiger partial charge in [0.15, 0.2) is 0 Å². The van der Waals surface area contributed by atoms with E-state index in [0.717, 1.165) is 30.4 Å². The first kappa shape index (κ1) is 9.97. The van der Waals surface area contributed by atoms with Crippen LogP contribution in [0.3, 0.4) is 0 Å². The van der Waals surface area contributed by atoms with Crippen molar-refractivity contribution in [2.24, 2.45) is 22.4 Å². The Hall–Kier alpha value is -0.570. The highest BCUT2D eigenvalue weighted by molar-refractivity contribution is 5.94. The maximum absolute atomic E-state index is 9.01. The molecule has 2 N–H and O–H groups in total. The maximum atomic E-state index is 9.01. The number of rotatable bonds is 1. The van der Waals surface area contributed by atoms with Crippen LogP contribution in [0.5, 0.6) is 0 Å². The Kier molecular flexibility index (Phi) is 1.94. The highest BCUT2D eigenvalue weighted by Gasteiger charge is 2.63. The molecule has 3 atom stereocenters. The summed E-state index contributed by atoms with van der Waals surface area (Å²) in [6, 6.07) is 0. The van der Waals surface area contributed by atoms with Crippen molar-refractivity contribution < 1.29 is 5.21 Å². The van der Waals surface area contributed by atoms with E-state index < -0.39 is 0 Å². The van der Waals surface area contributed by atoms with Crippen molar-refractivity contribution in [2.45, 2.75) is 39.2 Å². The van der Waals surface area contributed by atoms with Crippen LogP contribution in [0.4, 0.5) is 0 Å². The predicted molar refractivity (Wildman–Crippen MR) is 56.7 cm³/mol. The molecule has 3 heteroatoms. The van der Waals surface area contributed by atoms with Gasteiger partial charge in [-0.05, 0) is 44.1 Å². The SMILES string of the molecule is CNC1(C)CC2C(C/C1=N\O)C2(C)C. The van der Waals surface area contributed by atoms with Crippen molar-refractivity contribution in [3.05, 3.63) is 0 Å². The van der Waals surface area contributed by atoms with Gasteiger partial charge < -0.3 is 10.5 Å². The molecule has 2 aliphatic rings. The molecule has 0 saturated heterocycles. The van der Waals surface area contributed by atoms with Crippen molar-refractivity contribution in [2.75, 3.05) is 7.05 Å². The molecule has 0 aromatic heterocycles. The number of hydrogen-bond acceptors (Lipinski definition) is 3. The fraction of sp³-hybridized carbons (Fsp3) is 0.909. The van der Waals surface area contributed by atoms with Crippen molar-refractivity contribution >= 4 is 5.71 Å². The Balaban J connectivity index is 2.23. The van der Waals surface area contributed by atoms with Crippen LogP contribution in [0.15, 0.2) is 5.16 Å². The first-order chi connectivity index (χ1) is 6.45. The summed E-state index contributed by atoms with van der Waals surface area (Å²) in [4.78, 5) is 0. The van der Waals surface area contributed by atoms with Gasteiger partial charge in [0.2, 0.25) is 0 Å². The zero-order valence-corrected chi connectivity index (χ0v) is 9.46. The topological polar surface area (TPSA) is 44.6 Å². The van der Waals surface area contributed by atoms with Crippen LogP contribution in [0.2, 0.25) is 0 Å². The number of oxime groups is 1. The molecule has 0 aliphatic heterocycles. The lowest BCUT2D eigenvalue weighted by molar-refractivity contribution is 0.298. The molecule has 2 rings (SSSR count). The van der Waals surface area contributed by atoms with Gasteiger partial charge in [-0.15, -0.1) is 0 Å². The predicted octanol–water partition coefficient (Wildman–Crippen LogP) is 1.86. The van der Waals surface area contributed by atoms with Gasteiger partial charge in [0.25, 0.3) is 0 Å². The molecule has 0 aromatic carbocycles. The molecule has 14 heavy (non-hydrogen) atoms. The van der Waals surface area contributed by atoms with Gasteiger partial charge in [-0.1, -0.05) is 19.0 Å². The van der Waals surface area contributed by atoms with Crippen molar-refractivity contribution in [3.63, 3.8) is 0 Å². The first-order valence-electron chi connectivity index (χ1n) is 5.36. The minimum absolute atomic E-state index is 0.0936. The largest absolute Gasteiger partial charge is 0.411 e. The van der Waals surface area contributed by atoms with E-state index in [1.807, 2.05) is 7.05 Å². The average molecular weight is 196 g/mol. The molecule has 3 unspecified atom stereocenters. The molecule has 0 amide bonds. The van der Waals surface area contributed by atoms with E-state index in [1.54, 1.807) is 0 Å². The lowest BCUT2D eigenvalue weighted by Gasteiger charge is -2.33. The van der Waals surface area contributed by atoms with Gasteiger partial charge >= 0.3 is 0 Å². The van der Waals surface area contributed by atoms with Crippen LogP contribution >= 0.6 is 0 Å². The average Bonchev–Trinajstić information content (AvgIpc) is 2.66. The second kappa shape index (κ2) is 2.72. The Morgan fingerprint density at radius 2 is 2.00 bits per heavy atom.